The molecular formula is C6H7F2NOS. The number of thiazole rings is 1. The Morgan fingerprint density at radius 3 is 2.82 bits per heavy atom. The van der Waals surface area contributed by atoms with Crippen LogP contribution < -0.4 is 0 Å². The first-order valence-electron chi connectivity index (χ1n) is 3.04. The quantitative estimate of drug-likeness (QED) is 0.758. The monoisotopic (exact) mass is 179 g/mol. The van der Waals surface area contributed by atoms with Gasteiger partial charge >= 0.3 is 0 Å². The normalized spacial score (nSPS) is 13.8. The Hall–Kier alpha value is -0.550. The minimum Gasteiger partial charge on any atom is -0.387 e. The van der Waals surface area contributed by atoms with E-state index >= 15 is 0 Å². The van der Waals surface area contributed by atoms with Gasteiger partial charge in [-0.1, -0.05) is 0 Å². The number of hydrogen-bond donors (Lipinski definition) is 1. The molecule has 0 aliphatic carbocycles. The Morgan fingerprint density at radius 1 is 1.64 bits per heavy atom. The number of aliphatic hydroxyl groups excluding tert-OH is 1. The van der Waals surface area contributed by atoms with Crippen LogP contribution in [0.25, 0.3) is 0 Å². The van der Waals surface area contributed by atoms with Crippen LogP contribution in [-0.2, 0) is 6.42 Å². The highest BCUT2D eigenvalue weighted by atomic mass is 32.1. The van der Waals surface area contributed by atoms with Gasteiger partial charge in [-0.2, -0.15) is 0 Å². The maximum atomic E-state index is 11.7. The number of aromatic nitrogens is 1. The number of halogens is 2. The van der Waals surface area contributed by atoms with Gasteiger partial charge in [0.05, 0.1) is 5.01 Å². The molecule has 5 heteroatoms. The summed E-state index contributed by atoms with van der Waals surface area (Å²) in [5.74, 6) is 0. The smallest absolute Gasteiger partial charge is 0.264 e. The van der Waals surface area contributed by atoms with E-state index in [2.05, 4.69) is 4.98 Å². The van der Waals surface area contributed by atoms with E-state index in [9.17, 15) is 8.78 Å². The zero-order chi connectivity index (χ0) is 8.27. The summed E-state index contributed by atoms with van der Waals surface area (Å²) in [7, 11) is 0. The summed E-state index contributed by atoms with van der Waals surface area (Å²) in [5, 5.41) is 10.9. The van der Waals surface area contributed by atoms with Crippen molar-refractivity contribution in [1.82, 2.24) is 4.98 Å². The van der Waals surface area contributed by atoms with Crippen molar-refractivity contribution in [1.29, 1.82) is 0 Å². The molecule has 1 heterocycles. The average Bonchev–Trinajstić information content (AvgIpc) is 2.39. The number of nitrogens with zero attached hydrogens (tertiary/aromatic N) is 1. The Morgan fingerprint density at radius 2 is 2.36 bits per heavy atom. The molecule has 0 saturated heterocycles. The summed E-state index contributed by atoms with van der Waals surface area (Å²) in [4.78, 5) is 3.76. The topological polar surface area (TPSA) is 33.1 Å². The van der Waals surface area contributed by atoms with Crippen LogP contribution in [0.15, 0.2) is 11.6 Å². The molecule has 1 unspecified atom stereocenters. The van der Waals surface area contributed by atoms with Gasteiger partial charge in [-0.05, 0) is 0 Å². The summed E-state index contributed by atoms with van der Waals surface area (Å²) in [6.45, 7) is 0. The minimum atomic E-state index is -2.68. The van der Waals surface area contributed by atoms with Crippen molar-refractivity contribution in [2.75, 3.05) is 0 Å². The Balaban J connectivity index is 2.43. The minimum absolute atomic E-state index is 0.0602. The lowest BCUT2D eigenvalue weighted by molar-refractivity contribution is -0.00367. The lowest BCUT2D eigenvalue weighted by Gasteiger charge is -2.05. The molecule has 0 aliphatic rings. The van der Waals surface area contributed by atoms with Crippen LogP contribution in [0.1, 0.15) is 5.01 Å². The first-order valence-corrected chi connectivity index (χ1v) is 3.92. The van der Waals surface area contributed by atoms with Gasteiger partial charge in [0.25, 0.3) is 6.43 Å². The Labute approximate surface area is 66.5 Å². The van der Waals surface area contributed by atoms with E-state index in [-0.39, 0.29) is 6.42 Å². The van der Waals surface area contributed by atoms with E-state index < -0.39 is 12.5 Å². The molecular weight excluding hydrogens is 172 g/mol. The molecule has 0 amide bonds. The largest absolute Gasteiger partial charge is 0.387 e. The van der Waals surface area contributed by atoms with Gasteiger partial charge in [0, 0.05) is 18.0 Å². The third-order valence-electron chi connectivity index (χ3n) is 1.16. The maximum absolute atomic E-state index is 11.7. The number of rotatable bonds is 3. The molecule has 1 atom stereocenters. The zero-order valence-electron chi connectivity index (χ0n) is 5.58. The van der Waals surface area contributed by atoms with Crippen molar-refractivity contribution in [3.05, 3.63) is 16.6 Å². The molecule has 2 nitrogen and oxygen atoms in total. The van der Waals surface area contributed by atoms with Crippen LogP contribution in [0, 0.1) is 0 Å². The molecule has 0 aromatic carbocycles. The molecule has 62 valence electrons. The Kier molecular flexibility index (Phi) is 2.90. The van der Waals surface area contributed by atoms with E-state index in [1.807, 2.05) is 0 Å². The summed E-state index contributed by atoms with van der Waals surface area (Å²) >= 11 is 1.26. The van der Waals surface area contributed by atoms with Gasteiger partial charge in [0.15, 0.2) is 0 Å². The SMILES string of the molecule is OC(Cc1nccs1)C(F)F. The Bertz CT molecular complexity index is 202. The van der Waals surface area contributed by atoms with E-state index in [4.69, 9.17) is 5.11 Å². The third kappa shape index (κ3) is 2.51. The average molecular weight is 179 g/mol. The van der Waals surface area contributed by atoms with E-state index in [0.29, 0.717) is 5.01 Å². The van der Waals surface area contributed by atoms with Gasteiger partial charge in [-0.15, -0.1) is 11.3 Å². The van der Waals surface area contributed by atoms with Crippen LogP contribution in [0.2, 0.25) is 0 Å². The van der Waals surface area contributed by atoms with Crippen LogP contribution in [0.3, 0.4) is 0 Å². The predicted molar refractivity (Wildman–Crippen MR) is 37.8 cm³/mol. The van der Waals surface area contributed by atoms with Crippen LogP contribution >= 0.6 is 11.3 Å². The first kappa shape index (κ1) is 8.55. The molecule has 1 N–H and O–H groups in total. The van der Waals surface area contributed by atoms with Crippen LogP contribution in [0.5, 0.6) is 0 Å². The lowest BCUT2D eigenvalue weighted by Crippen LogP contribution is -2.19. The summed E-state index contributed by atoms with van der Waals surface area (Å²) in [6.07, 6.45) is -2.80. The molecule has 1 rings (SSSR count). The highest BCUT2D eigenvalue weighted by Crippen LogP contribution is 2.11. The molecule has 11 heavy (non-hydrogen) atoms. The number of alkyl halides is 2. The van der Waals surface area contributed by atoms with Crippen LogP contribution in [0.4, 0.5) is 8.78 Å². The van der Waals surface area contributed by atoms with Gasteiger partial charge in [-0.25, -0.2) is 13.8 Å². The molecule has 0 spiro atoms. The van der Waals surface area contributed by atoms with Gasteiger partial charge in [0.1, 0.15) is 6.10 Å². The van der Waals surface area contributed by atoms with Crippen molar-refractivity contribution in [2.45, 2.75) is 19.0 Å². The standard InChI is InChI=1S/C6H7F2NOS/c7-6(8)4(10)3-5-9-1-2-11-5/h1-2,4,6,10H,3H2. The van der Waals surface area contributed by atoms with E-state index in [0.717, 1.165) is 0 Å². The summed E-state index contributed by atoms with van der Waals surface area (Å²) in [6, 6.07) is 0. The molecule has 1 aromatic rings. The number of hydrogen-bond acceptors (Lipinski definition) is 3. The highest BCUT2D eigenvalue weighted by Gasteiger charge is 2.17. The molecule has 0 aliphatic heterocycles. The molecule has 0 radical (unpaired) electrons. The van der Waals surface area contributed by atoms with Crippen LogP contribution in [-0.4, -0.2) is 22.6 Å². The van der Waals surface area contributed by atoms with E-state index in [1.54, 1.807) is 5.38 Å². The molecule has 0 saturated carbocycles. The summed E-state index contributed by atoms with van der Waals surface area (Å²) in [5.41, 5.74) is 0. The van der Waals surface area contributed by atoms with Crippen molar-refractivity contribution in [3.63, 3.8) is 0 Å². The van der Waals surface area contributed by atoms with Gasteiger partial charge in [-0.3, -0.25) is 0 Å². The fraction of sp³-hybridized carbons (Fsp3) is 0.500. The summed E-state index contributed by atoms with van der Waals surface area (Å²) < 4.78 is 23.5. The fourth-order valence-electron chi connectivity index (χ4n) is 0.622. The maximum Gasteiger partial charge on any atom is 0.264 e. The van der Waals surface area contributed by atoms with Crippen molar-refractivity contribution in [3.8, 4) is 0 Å². The second kappa shape index (κ2) is 3.73. The van der Waals surface area contributed by atoms with Gasteiger partial charge < -0.3 is 5.11 Å². The second-order valence-corrected chi connectivity index (χ2v) is 3.01. The zero-order valence-corrected chi connectivity index (χ0v) is 6.39. The first-order chi connectivity index (χ1) is 5.20. The highest BCUT2D eigenvalue weighted by molar-refractivity contribution is 7.09. The van der Waals surface area contributed by atoms with E-state index in [1.165, 1.54) is 17.5 Å². The fourth-order valence-corrected chi connectivity index (χ4v) is 1.29. The van der Waals surface area contributed by atoms with Crippen molar-refractivity contribution >= 4 is 11.3 Å². The molecule has 0 fully saturated rings. The molecule has 1 aromatic heterocycles. The second-order valence-electron chi connectivity index (χ2n) is 2.03. The predicted octanol–water partition coefficient (Wildman–Crippen LogP) is 1.31. The van der Waals surface area contributed by atoms with Crippen molar-refractivity contribution in [2.24, 2.45) is 0 Å². The van der Waals surface area contributed by atoms with Gasteiger partial charge in [0.2, 0.25) is 0 Å². The third-order valence-corrected chi connectivity index (χ3v) is 1.96. The molecule has 0 bridgehead atoms. The van der Waals surface area contributed by atoms with Crippen molar-refractivity contribution < 1.29 is 13.9 Å². The number of aliphatic hydroxyl groups is 1. The lowest BCUT2D eigenvalue weighted by atomic mass is 10.3.